The molecule has 2 N–H and O–H groups in total. The number of fused-ring (bicyclic) bond motifs is 1. The van der Waals surface area contributed by atoms with Crippen LogP contribution in [0.1, 0.15) is 32.8 Å². The average Bonchev–Trinajstić information content (AvgIpc) is 3.09. The average molecular weight is 344 g/mol. The fraction of sp³-hybridized carbons (Fsp3) is 0.250. The van der Waals surface area contributed by atoms with Gasteiger partial charge in [0.15, 0.2) is 0 Å². The van der Waals surface area contributed by atoms with Crippen molar-refractivity contribution in [1.82, 2.24) is 20.1 Å². The van der Waals surface area contributed by atoms with Crippen LogP contribution < -0.4 is 5.32 Å². The number of aromatic carboxylic acids is 1. The van der Waals surface area contributed by atoms with Gasteiger partial charge in [-0.05, 0) is 19.1 Å². The summed E-state index contributed by atoms with van der Waals surface area (Å²) in [6.45, 7) is 1.86. The third-order valence-corrected chi connectivity index (χ3v) is 4.64. The van der Waals surface area contributed by atoms with Gasteiger partial charge in [0, 0.05) is 19.5 Å². The lowest BCUT2D eigenvalue weighted by Crippen LogP contribution is -2.36. The maximum atomic E-state index is 12.4. The Labute approximate surface area is 141 Å². The Morgan fingerprint density at radius 1 is 1.38 bits per heavy atom. The number of carbonyl (C=O) groups excluding carboxylic acids is 1. The number of hydrogen-bond acceptors (Lipinski definition) is 5. The van der Waals surface area contributed by atoms with E-state index >= 15 is 0 Å². The lowest BCUT2D eigenvalue weighted by molar-refractivity contribution is 0.0690. The molecule has 24 heavy (non-hydrogen) atoms. The van der Waals surface area contributed by atoms with Gasteiger partial charge in [-0.25, -0.2) is 9.78 Å². The summed E-state index contributed by atoms with van der Waals surface area (Å²) in [5.74, 6) is -1.63. The smallest absolute Gasteiger partial charge is 0.339 e. The van der Waals surface area contributed by atoms with E-state index in [-0.39, 0.29) is 17.3 Å². The second-order valence-corrected chi connectivity index (χ2v) is 6.60. The molecule has 1 aromatic carbocycles. The number of nitrogens with zero attached hydrogens (tertiary/aromatic N) is 3. The standard InChI is InChI=1S/C16H16N4O3S/c1-9(7-13-19-11-5-3-4-6-12(11)24-13)18-15(21)14-10(16(22)23)8-17-20(14)2/h3-6,8-9H,7H2,1-2H3,(H,18,21)(H,22,23). The fourth-order valence-corrected chi connectivity index (χ4v) is 3.57. The van der Waals surface area contributed by atoms with Crippen molar-refractivity contribution in [1.29, 1.82) is 0 Å². The van der Waals surface area contributed by atoms with E-state index in [4.69, 9.17) is 5.11 Å². The summed E-state index contributed by atoms with van der Waals surface area (Å²) in [4.78, 5) is 28.1. The number of para-hydroxylation sites is 1. The van der Waals surface area contributed by atoms with E-state index < -0.39 is 11.9 Å². The van der Waals surface area contributed by atoms with Crippen LogP contribution in [0.15, 0.2) is 30.5 Å². The number of rotatable bonds is 5. The van der Waals surface area contributed by atoms with E-state index in [1.165, 1.54) is 10.9 Å². The molecule has 0 aliphatic carbocycles. The minimum Gasteiger partial charge on any atom is -0.478 e. The molecule has 0 aliphatic rings. The first-order valence-corrected chi connectivity index (χ1v) is 8.18. The molecule has 2 aromatic heterocycles. The van der Waals surface area contributed by atoms with Crippen molar-refractivity contribution < 1.29 is 14.7 Å². The van der Waals surface area contributed by atoms with Crippen LogP contribution in [0.4, 0.5) is 0 Å². The molecule has 8 heteroatoms. The molecule has 124 valence electrons. The number of carboxylic acid groups (broad SMARTS) is 1. The van der Waals surface area contributed by atoms with Crippen LogP contribution in [0.3, 0.4) is 0 Å². The Hall–Kier alpha value is -2.74. The molecule has 0 aliphatic heterocycles. The number of amides is 1. The summed E-state index contributed by atoms with van der Waals surface area (Å²) in [5.41, 5.74) is 0.872. The number of nitrogens with one attached hydrogen (secondary N) is 1. The van der Waals surface area contributed by atoms with Crippen molar-refractivity contribution in [2.24, 2.45) is 7.05 Å². The highest BCUT2D eigenvalue weighted by atomic mass is 32.1. The predicted octanol–water partition coefficient (Wildman–Crippen LogP) is 2.09. The van der Waals surface area contributed by atoms with Crippen LogP contribution in [0, 0.1) is 0 Å². The Kier molecular flexibility index (Phi) is 4.30. The Morgan fingerprint density at radius 3 is 2.83 bits per heavy atom. The molecule has 1 amide bonds. The second-order valence-electron chi connectivity index (χ2n) is 5.49. The number of aromatic nitrogens is 3. The van der Waals surface area contributed by atoms with E-state index in [1.807, 2.05) is 31.2 Å². The summed E-state index contributed by atoms with van der Waals surface area (Å²) < 4.78 is 2.37. The SMILES string of the molecule is CC(Cc1nc2ccccc2s1)NC(=O)c1c(C(=O)O)cnn1C. The van der Waals surface area contributed by atoms with Gasteiger partial charge < -0.3 is 10.4 Å². The fourth-order valence-electron chi connectivity index (χ4n) is 2.48. The Balaban J connectivity index is 1.72. The molecule has 1 atom stereocenters. The van der Waals surface area contributed by atoms with Gasteiger partial charge >= 0.3 is 5.97 Å². The molecule has 1 unspecified atom stereocenters. The first-order chi connectivity index (χ1) is 11.5. The van der Waals surface area contributed by atoms with Crippen molar-refractivity contribution in [2.75, 3.05) is 0 Å². The summed E-state index contributed by atoms with van der Waals surface area (Å²) in [6, 6.07) is 7.68. The zero-order valence-electron chi connectivity index (χ0n) is 13.2. The summed E-state index contributed by atoms with van der Waals surface area (Å²) >= 11 is 1.59. The van der Waals surface area contributed by atoms with E-state index in [1.54, 1.807) is 18.4 Å². The molecule has 0 fully saturated rings. The van der Waals surface area contributed by atoms with Gasteiger partial charge in [0.2, 0.25) is 0 Å². The molecular weight excluding hydrogens is 328 g/mol. The predicted molar refractivity (Wildman–Crippen MR) is 90.4 cm³/mol. The van der Waals surface area contributed by atoms with Crippen LogP contribution in [0.5, 0.6) is 0 Å². The first kappa shape index (κ1) is 16.1. The van der Waals surface area contributed by atoms with Crippen molar-refractivity contribution in [2.45, 2.75) is 19.4 Å². The van der Waals surface area contributed by atoms with Crippen molar-refractivity contribution >= 4 is 33.4 Å². The van der Waals surface area contributed by atoms with E-state index in [0.29, 0.717) is 6.42 Å². The van der Waals surface area contributed by atoms with Crippen molar-refractivity contribution in [3.8, 4) is 0 Å². The maximum Gasteiger partial charge on any atom is 0.339 e. The minimum absolute atomic E-state index is 0.0404. The van der Waals surface area contributed by atoms with Gasteiger partial charge in [0.05, 0.1) is 21.4 Å². The first-order valence-electron chi connectivity index (χ1n) is 7.36. The quantitative estimate of drug-likeness (QED) is 0.739. The molecule has 3 rings (SSSR count). The molecule has 0 bridgehead atoms. The lowest BCUT2D eigenvalue weighted by atomic mass is 10.2. The number of thiazole rings is 1. The zero-order chi connectivity index (χ0) is 17.3. The topological polar surface area (TPSA) is 97.1 Å². The monoisotopic (exact) mass is 344 g/mol. The summed E-state index contributed by atoms with van der Waals surface area (Å²) in [5, 5.41) is 16.7. The van der Waals surface area contributed by atoms with Gasteiger partial charge in [-0.3, -0.25) is 9.48 Å². The van der Waals surface area contributed by atoms with E-state index in [2.05, 4.69) is 15.4 Å². The van der Waals surface area contributed by atoms with Crippen LogP contribution in [-0.4, -0.2) is 37.8 Å². The molecule has 2 heterocycles. The molecule has 7 nitrogen and oxygen atoms in total. The second kappa shape index (κ2) is 6.40. The van der Waals surface area contributed by atoms with Crippen molar-refractivity contribution in [3.05, 3.63) is 46.7 Å². The number of carbonyl (C=O) groups is 2. The van der Waals surface area contributed by atoms with E-state index in [0.717, 1.165) is 15.2 Å². The normalized spacial score (nSPS) is 12.2. The molecule has 0 radical (unpaired) electrons. The maximum absolute atomic E-state index is 12.4. The number of benzene rings is 1. The molecule has 0 saturated carbocycles. The van der Waals surface area contributed by atoms with Crippen LogP contribution in [0.2, 0.25) is 0 Å². The van der Waals surface area contributed by atoms with Gasteiger partial charge in [-0.1, -0.05) is 12.1 Å². The van der Waals surface area contributed by atoms with Gasteiger partial charge in [0.25, 0.3) is 5.91 Å². The number of aryl methyl sites for hydroxylation is 1. The highest BCUT2D eigenvalue weighted by molar-refractivity contribution is 7.18. The number of carboxylic acids is 1. The van der Waals surface area contributed by atoms with Crippen LogP contribution >= 0.6 is 11.3 Å². The van der Waals surface area contributed by atoms with E-state index in [9.17, 15) is 9.59 Å². The minimum atomic E-state index is -1.17. The molecule has 3 aromatic rings. The zero-order valence-corrected chi connectivity index (χ0v) is 14.0. The largest absolute Gasteiger partial charge is 0.478 e. The van der Waals surface area contributed by atoms with Gasteiger partial charge in [-0.2, -0.15) is 5.10 Å². The van der Waals surface area contributed by atoms with Crippen molar-refractivity contribution in [3.63, 3.8) is 0 Å². The molecule has 0 spiro atoms. The third-order valence-electron chi connectivity index (χ3n) is 3.58. The third kappa shape index (κ3) is 3.13. The van der Waals surface area contributed by atoms with Gasteiger partial charge in [0.1, 0.15) is 11.3 Å². The molecule has 0 saturated heterocycles. The Morgan fingerprint density at radius 2 is 2.12 bits per heavy atom. The Bertz CT molecular complexity index is 882. The summed E-state index contributed by atoms with van der Waals surface area (Å²) in [7, 11) is 1.54. The molecular formula is C16H16N4O3S. The summed E-state index contributed by atoms with van der Waals surface area (Å²) in [6.07, 6.45) is 1.75. The highest BCUT2D eigenvalue weighted by Crippen LogP contribution is 2.22. The van der Waals surface area contributed by atoms with Crippen LogP contribution in [0.25, 0.3) is 10.2 Å². The number of hydrogen-bond donors (Lipinski definition) is 2. The van der Waals surface area contributed by atoms with Gasteiger partial charge in [-0.15, -0.1) is 11.3 Å². The van der Waals surface area contributed by atoms with Crippen LogP contribution in [-0.2, 0) is 13.5 Å². The lowest BCUT2D eigenvalue weighted by Gasteiger charge is -2.13. The highest BCUT2D eigenvalue weighted by Gasteiger charge is 2.23.